The van der Waals surface area contributed by atoms with Crippen molar-refractivity contribution in [1.29, 1.82) is 0 Å². The van der Waals surface area contributed by atoms with Crippen LogP contribution in [0.3, 0.4) is 0 Å². The summed E-state index contributed by atoms with van der Waals surface area (Å²) in [5, 5.41) is 14.7. The molecular formula is C14H18N2O3S. The number of carboxylic acid groups (broad SMARTS) is 1. The highest BCUT2D eigenvalue weighted by Crippen LogP contribution is 2.41. The molecule has 2 aliphatic rings. The molecule has 1 heterocycles. The van der Waals surface area contributed by atoms with Crippen molar-refractivity contribution >= 4 is 23.2 Å². The van der Waals surface area contributed by atoms with Crippen molar-refractivity contribution in [3.8, 4) is 0 Å². The van der Waals surface area contributed by atoms with Gasteiger partial charge in [0.05, 0.1) is 5.01 Å². The van der Waals surface area contributed by atoms with Gasteiger partial charge in [-0.25, -0.2) is 9.78 Å². The zero-order valence-corrected chi connectivity index (χ0v) is 12.0. The van der Waals surface area contributed by atoms with Crippen molar-refractivity contribution in [3.63, 3.8) is 0 Å². The Morgan fingerprint density at radius 3 is 2.60 bits per heavy atom. The molecule has 1 unspecified atom stereocenters. The summed E-state index contributed by atoms with van der Waals surface area (Å²) in [6.45, 7) is 0. The second-order valence-electron chi connectivity index (χ2n) is 5.68. The fourth-order valence-corrected chi connectivity index (χ4v) is 3.77. The molecule has 0 aromatic carbocycles. The number of carbonyl (C=O) groups is 2. The number of rotatable bonds is 5. The molecule has 3 rings (SSSR count). The Hall–Kier alpha value is -1.43. The normalized spacial score (nSPS) is 20.8. The third kappa shape index (κ3) is 2.85. The molecule has 1 amide bonds. The Bertz CT molecular complexity index is 518. The van der Waals surface area contributed by atoms with Crippen molar-refractivity contribution < 1.29 is 14.7 Å². The molecule has 5 nitrogen and oxygen atoms in total. The molecular weight excluding hydrogens is 276 g/mol. The van der Waals surface area contributed by atoms with E-state index in [1.807, 2.05) is 0 Å². The molecule has 2 N–H and O–H groups in total. The van der Waals surface area contributed by atoms with E-state index < -0.39 is 12.0 Å². The van der Waals surface area contributed by atoms with Gasteiger partial charge in [-0.3, -0.25) is 4.79 Å². The third-order valence-corrected chi connectivity index (χ3v) is 5.11. The van der Waals surface area contributed by atoms with Crippen LogP contribution in [-0.2, 0) is 4.79 Å². The number of hydrogen-bond donors (Lipinski definition) is 2. The van der Waals surface area contributed by atoms with E-state index in [0.29, 0.717) is 11.6 Å². The number of nitrogens with one attached hydrogen (secondary N) is 1. The average molecular weight is 294 g/mol. The molecule has 0 saturated heterocycles. The molecule has 1 aromatic rings. The minimum absolute atomic E-state index is 0.0537. The van der Waals surface area contributed by atoms with Gasteiger partial charge in [0.15, 0.2) is 0 Å². The summed E-state index contributed by atoms with van der Waals surface area (Å²) >= 11 is 1.50. The van der Waals surface area contributed by atoms with Crippen LogP contribution >= 0.6 is 11.3 Å². The highest BCUT2D eigenvalue weighted by Gasteiger charge is 2.33. The Balaban J connectivity index is 1.66. The summed E-state index contributed by atoms with van der Waals surface area (Å²) in [6, 6.07) is -0.781. The van der Waals surface area contributed by atoms with Crippen LogP contribution in [0.25, 0.3) is 0 Å². The number of thiazole rings is 1. The molecule has 0 aliphatic heterocycles. The van der Waals surface area contributed by atoms with Gasteiger partial charge < -0.3 is 10.4 Å². The van der Waals surface area contributed by atoms with E-state index in [9.17, 15) is 14.7 Å². The van der Waals surface area contributed by atoms with Crippen LogP contribution in [0, 0.1) is 5.92 Å². The van der Waals surface area contributed by atoms with Gasteiger partial charge in [0.25, 0.3) is 5.91 Å². The summed E-state index contributed by atoms with van der Waals surface area (Å²) in [4.78, 5) is 27.8. The lowest BCUT2D eigenvalue weighted by Gasteiger charge is -2.19. The van der Waals surface area contributed by atoms with Crippen molar-refractivity contribution in [2.45, 2.75) is 50.5 Å². The van der Waals surface area contributed by atoms with Gasteiger partial charge in [-0.05, 0) is 31.6 Å². The summed E-state index contributed by atoms with van der Waals surface area (Å²) in [6.07, 6.45) is 6.14. The number of aliphatic carboxylic acids is 1. The number of carboxylic acids is 1. The predicted octanol–water partition coefficient (Wildman–Crippen LogP) is 2.39. The van der Waals surface area contributed by atoms with E-state index in [1.165, 1.54) is 11.3 Å². The van der Waals surface area contributed by atoms with E-state index in [0.717, 1.165) is 43.5 Å². The van der Waals surface area contributed by atoms with Gasteiger partial charge in [0.1, 0.15) is 11.7 Å². The Kier molecular flexibility index (Phi) is 3.74. The van der Waals surface area contributed by atoms with E-state index in [4.69, 9.17) is 0 Å². The molecule has 20 heavy (non-hydrogen) atoms. The minimum Gasteiger partial charge on any atom is -0.480 e. The maximum atomic E-state index is 12.1. The van der Waals surface area contributed by atoms with Gasteiger partial charge in [0, 0.05) is 11.3 Å². The first-order valence-electron chi connectivity index (χ1n) is 7.14. The van der Waals surface area contributed by atoms with Gasteiger partial charge in [-0.15, -0.1) is 11.3 Å². The van der Waals surface area contributed by atoms with Crippen LogP contribution in [-0.4, -0.2) is 28.0 Å². The molecule has 2 saturated carbocycles. The summed E-state index contributed by atoms with van der Waals surface area (Å²) in [5.74, 6) is -0.722. The topological polar surface area (TPSA) is 79.3 Å². The number of amides is 1. The monoisotopic (exact) mass is 294 g/mol. The van der Waals surface area contributed by atoms with E-state index >= 15 is 0 Å². The smallest absolute Gasteiger partial charge is 0.326 e. The standard InChI is InChI=1S/C14H18N2O3S/c17-12(10-7-20-13(15-10)9-5-6-9)16-11(14(18)19)8-3-1-2-4-8/h7-9,11H,1-6H2,(H,16,17)(H,18,19). The lowest BCUT2D eigenvalue weighted by Crippen LogP contribution is -2.45. The summed E-state index contributed by atoms with van der Waals surface area (Å²) < 4.78 is 0. The first kappa shape index (κ1) is 13.5. The molecule has 2 fully saturated rings. The lowest BCUT2D eigenvalue weighted by atomic mass is 9.98. The SMILES string of the molecule is O=C(NC(C(=O)O)C1CCCC1)c1csc(C2CC2)n1. The Morgan fingerprint density at radius 2 is 2.00 bits per heavy atom. The Labute approximate surface area is 121 Å². The minimum atomic E-state index is -0.942. The molecule has 6 heteroatoms. The van der Waals surface area contributed by atoms with Crippen LogP contribution in [0.2, 0.25) is 0 Å². The molecule has 108 valence electrons. The molecule has 1 atom stereocenters. The van der Waals surface area contributed by atoms with Gasteiger partial charge in [-0.1, -0.05) is 12.8 Å². The predicted molar refractivity (Wildman–Crippen MR) is 74.9 cm³/mol. The van der Waals surface area contributed by atoms with Crippen LogP contribution in [0.4, 0.5) is 0 Å². The maximum absolute atomic E-state index is 12.1. The highest BCUT2D eigenvalue weighted by molar-refractivity contribution is 7.10. The number of aromatic nitrogens is 1. The Morgan fingerprint density at radius 1 is 1.30 bits per heavy atom. The van der Waals surface area contributed by atoms with E-state index in [2.05, 4.69) is 10.3 Å². The molecule has 0 radical (unpaired) electrons. The van der Waals surface area contributed by atoms with Crippen LogP contribution in [0.5, 0.6) is 0 Å². The lowest BCUT2D eigenvalue weighted by molar-refractivity contribution is -0.140. The average Bonchev–Trinajstić information content (AvgIpc) is 2.95. The zero-order valence-electron chi connectivity index (χ0n) is 11.2. The van der Waals surface area contributed by atoms with Gasteiger partial charge in [0.2, 0.25) is 0 Å². The molecule has 1 aromatic heterocycles. The zero-order chi connectivity index (χ0) is 14.1. The highest BCUT2D eigenvalue weighted by atomic mass is 32.1. The van der Waals surface area contributed by atoms with Crippen molar-refractivity contribution in [2.24, 2.45) is 5.92 Å². The van der Waals surface area contributed by atoms with Crippen LogP contribution < -0.4 is 5.32 Å². The first-order valence-corrected chi connectivity index (χ1v) is 8.02. The summed E-state index contributed by atoms with van der Waals surface area (Å²) in [5.41, 5.74) is 0.362. The fourth-order valence-electron chi connectivity index (χ4n) is 2.80. The van der Waals surface area contributed by atoms with Crippen LogP contribution in [0.15, 0.2) is 5.38 Å². The second-order valence-corrected chi connectivity index (χ2v) is 6.57. The number of carbonyl (C=O) groups excluding carboxylic acids is 1. The van der Waals surface area contributed by atoms with Crippen LogP contribution in [0.1, 0.15) is 59.9 Å². The summed E-state index contributed by atoms with van der Waals surface area (Å²) in [7, 11) is 0. The van der Waals surface area contributed by atoms with Crippen molar-refractivity contribution in [3.05, 3.63) is 16.1 Å². The fraction of sp³-hybridized carbons (Fsp3) is 0.643. The molecule has 0 bridgehead atoms. The largest absolute Gasteiger partial charge is 0.480 e. The quantitative estimate of drug-likeness (QED) is 0.874. The van der Waals surface area contributed by atoms with Gasteiger partial charge in [-0.2, -0.15) is 0 Å². The maximum Gasteiger partial charge on any atom is 0.326 e. The van der Waals surface area contributed by atoms with Crippen molar-refractivity contribution in [2.75, 3.05) is 0 Å². The first-order chi connectivity index (χ1) is 9.65. The van der Waals surface area contributed by atoms with Crippen molar-refractivity contribution in [1.82, 2.24) is 10.3 Å². The molecule has 2 aliphatic carbocycles. The second kappa shape index (κ2) is 5.52. The molecule has 0 spiro atoms. The van der Waals surface area contributed by atoms with E-state index in [1.54, 1.807) is 5.38 Å². The van der Waals surface area contributed by atoms with Gasteiger partial charge >= 0.3 is 5.97 Å². The van der Waals surface area contributed by atoms with E-state index in [-0.39, 0.29) is 11.8 Å². The number of hydrogen-bond acceptors (Lipinski definition) is 4. The number of nitrogens with zero attached hydrogens (tertiary/aromatic N) is 1. The third-order valence-electron chi connectivity index (χ3n) is 4.11.